The third kappa shape index (κ3) is 3.41. The fourth-order valence-corrected chi connectivity index (χ4v) is 2.34. The lowest BCUT2D eigenvalue weighted by molar-refractivity contribution is -0.0553. The van der Waals surface area contributed by atoms with Gasteiger partial charge in [0.05, 0.1) is 12.2 Å². The van der Waals surface area contributed by atoms with E-state index in [0.717, 1.165) is 0 Å². The normalized spacial score (nSPS) is 39.0. The van der Waals surface area contributed by atoms with Crippen LogP contribution in [0.3, 0.4) is 0 Å². The van der Waals surface area contributed by atoms with Crippen molar-refractivity contribution < 1.29 is 24.4 Å². The van der Waals surface area contributed by atoms with Gasteiger partial charge in [0, 0.05) is 12.6 Å². The molecule has 14 heavy (non-hydrogen) atoms. The topological polar surface area (TPSA) is 80.9 Å². The molecular formula is C8H16FO4P. The molecular weight excluding hydrogens is 210 g/mol. The van der Waals surface area contributed by atoms with Crippen molar-refractivity contribution in [2.24, 2.45) is 5.92 Å². The first kappa shape index (κ1) is 12.3. The first-order valence-electron chi connectivity index (χ1n) is 4.66. The molecule has 1 saturated carbocycles. The average Bonchev–Trinajstić information content (AvgIpc) is 2.09. The summed E-state index contributed by atoms with van der Waals surface area (Å²) in [6.45, 7) is 0. The van der Waals surface area contributed by atoms with E-state index in [-0.39, 0.29) is 24.9 Å². The molecule has 0 spiro atoms. The van der Waals surface area contributed by atoms with Crippen molar-refractivity contribution >= 4 is 8.38 Å². The van der Waals surface area contributed by atoms with Gasteiger partial charge < -0.3 is 20.0 Å². The monoisotopic (exact) mass is 226 g/mol. The fourth-order valence-electron chi connectivity index (χ4n) is 1.78. The summed E-state index contributed by atoms with van der Waals surface area (Å²) in [5.41, 5.74) is 0. The van der Waals surface area contributed by atoms with Gasteiger partial charge >= 0.3 is 0 Å². The maximum absolute atomic E-state index is 13.3. The predicted octanol–water partition coefficient (Wildman–Crippen LogP) is 0.143. The van der Waals surface area contributed by atoms with E-state index in [1.54, 1.807) is 0 Å². The standard InChI is InChI=1S/C8H16FO4P/c9-6-4-8(11)7(10)3-5(6)1-2-14(12)13/h5-8,10-13H,1-4H2. The zero-order chi connectivity index (χ0) is 10.7. The molecule has 0 aromatic rings. The van der Waals surface area contributed by atoms with Crippen LogP contribution in [0, 0.1) is 5.92 Å². The summed E-state index contributed by atoms with van der Waals surface area (Å²) in [4.78, 5) is 17.3. The van der Waals surface area contributed by atoms with Crippen LogP contribution in [0.2, 0.25) is 0 Å². The number of aliphatic hydroxyl groups excluding tert-OH is 2. The molecule has 1 fully saturated rings. The zero-order valence-corrected chi connectivity index (χ0v) is 8.65. The predicted molar refractivity (Wildman–Crippen MR) is 50.5 cm³/mol. The Kier molecular flexibility index (Phi) is 4.67. The smallest absolute Gasteiger partial charge is 0.164 e. The van der Waals surface area contributed by atoms with E-state index in [2.05, 4.69) is 0 Å². The summed E-state index contributed by atoms with van der Waals surface area (Å²) in [7, 11) is -1.98. The molecule has 0 aromatic carbocycles. The maximum atomic E-state index is 13.3. The second-order valence-corrected chi connectivity index (χ2v) is 4.96. The Morgan fingerprint density at radius 2 is 1.71 bits per heavy atom. The largest absolute Gasteiger partial charge is 0.390 e. The van der Waals surface area contributed by atoms with E-state index < -0.39 is 26.8 Å². The van der Waals surface area contributed by atoms with Crippen molar-refractivity contribution in [2.45, 2.75) is 37.6 Å². The van der Waals surface area contributed by atoms with Crippen molar-refractivity contribution in [3.8, 4) is 0 Å². The van der Waals surface area contributed by atoms with Gasteiger partial charge in [0.1, 0.15) is 6.17 Å². The summed E-state index contributed by atoms with van der Waals surface area (Å²) >= 11 is 0. The lowest BCUT2D eigenvalue weighted by Crippen LogP contribution is -2.40. The molecule has 4 atom stereocenters. The van der Waals surface area contributed by atoms with Gasteiger partial charge in [-0.15, -0.1) is 0 Å². The summed E-state index contributed by atoms with van der Waals surface area (Å²) in [5.74, 6) is -0.363. The summed E-state index contributed by atoms with van der Waals surface area (Å²) < 4.78 is 13.3. The van der Waals surface area contributed by atoms with Gasteiger partial charge in [-0.05, 0) is 18.8 Å². The number of rotatable bonds is 3. The average molecular weight is 226 g/mol. The van der Waals surface area contributed by atoms with Gasteiger partial charge in [-0.25, -0.2) is 4.39 Å². The molecule has 1 aliphatic rings. The summed E-state index contributed by atoms with van der Waals surface area (Å²) in [6, 6.07) is 0. The molecule has 0 aromatic heterocycles. The minimum Gasteiger partial charge on any atom is -0.390 e. The molecule has 0 heterocycles. The quantitative estimate of drug-likeness (QED) is 0.516. The van der Waals surface area contributed by atoms with Crippen LogP contribution < -0.4 is 0 Å². The fraction of sp³-hybridized carbons (Fsp3) is 1.00. The van der Waals surface area contributed by atoms with Crippen LogP contribution in [0.1, 0.15) is 19.3 Å². The number of halogens is 1. The van der Waals surface area contributed by atoms with E-state index in [1.165, 1.54) is 0 Å². The van der Waals surface area contributed by atoms with Crippen LogP contribution in [0.5, 0.6) is 0 Å². The lowest BCUT2D eigenvalue weighted by Gasteiger charge is -2.33. The van der Waals surface area contributed by atoms with Crippen LogP contribution in [0.15, 0.2) is 0 Å². The molecule has 0 bridgehead atoms. The molecule has 1 rings (SSSR count). The van der Waals surface area contributed by atoms with E-state index in [9.17, 15) is 9.50 Å². The third-order valence-corrected chi connectivity index (χ3v) is 3.32. The van der Waals surface area contributed by atoms with Gasteiger partial charge in [-0.3, -0.25) is 0 Å². The Bertz CT molecular complexity index is 181. The number of hydrogen-bond acceptors (Lipinski definition) is 4. The van der Waals surface area contributed by atoms with Crippen molar-refractivity contribution in [2.75, 3.05) is 6.16 Å². The van der Waals surface area contributed by atoms with Crippen LogP contribution in [0.4, 0.5) is 4.39 Å². The van der Waals surface area contributed by atoms with E-state index in [1.807, 2.05) is 0 Å². The zero-order valence-electron chi connectivity index (χ0n) is 7.75. The first-order chi connectivity index (χ1) is 6.50. The number of aliphatic hydroxyl groups is 2. The van der Waals surface area contributed by atoms with Crippen LogP contribution in [0.25, 0.3) is 0 Å². The van der Waals surface area contributed by atoms with E-state index in [4.69, 9.17) is 14.9 Å². The molecule has 0 saturated heterocycles. The Hall–Kier alpha value is 0.200. The molecule has 4 nitrogen and oxygen atoms in total. The third-order valence-electron chi connectivity index (χ3n) is 2.67. The highest BCUT2D eigenvalue weighted by Crippen LogP contribution is 2.34. The minimum absolute atomic E-state index is 0.0549. The van der Waals surface area contributed by atoms with Gasteiger partial charge in [-0.1, -0.05) is 0 Å². The van der Waals surface area contributed by atoms with Gasteiger partial charge in [0.2, 0.25) is 0 Å². The Labute approximate surface area is 83.3 Å². The van der Waals surface area contributed by atoms with Crippen molar-refractivity contribution in [3.05, 3.63) is 0 Å². The minimum atomic E-state index is -1.98. The second kappa shape index (κ2) is 5.33. The first-order valence-corrected chi connectivity index (χ1v) is 6.09. The van der Waals surface area contributed by atoms with E-state index in [0.29, 0.717) is 6.42 Å². The molecule has 0 aliphatic heterocycles. The van der Waals surface area contributed by atoms with Crippen LogP contribution >= 0.6 is 8.38 Å². The number of alkyl halides is 1. The molecule has 84 valence electrons. The van der Waals surface area contributed by atoms with Crippen LogP contribution in [-0.2, 0) is 0 Å². The highest BCUT2D eigenvalue weighted by atomic mass is 31.2. The molecule has 4 unspecified atom stereocenters. The molecule has 4 N–H and O–H groups in total. The van der Waals surface area contributed by atoms with Crippen molar-refractivity contribution in [1.82, 2.24) is 0 Å². The summed E-state index contributed by atoms with van der Waals surface area (Å²) in [6.07, 6.45) is -2.34. The Morgan fingerprint density at radius 1 is 1.14 bits per heavy atom. The highest BCUT2D eigenvalue weighted by Gasteiger charge is 2.35. The second-order valence-electron chi connectivity index (χ2n) is 3.77. The highest BCUT2D eigenvalue weighted by molar-refractivity contribution is 7.45. The van der Waals surface area contributed by atoms with Crippen molar-refractivity contribution in [1.29, 1.82) is 0 Å². The van der Waals surface area contributed by atoms with Crippen LogP contribution in [-0.4, -0.2) is 44.5 Å². The van der Waals surface area contributed by atoms with E-state index >= 15 is 0 Å². The Balaban J connectivity index is 2.37. The van der Waals surface area contributed by atoms with Gasteiger partial charge in [-0.2, -0.15) is 0 Å². The summed E-state index contributed by atoms with van der Waals surface area (Å²) in [5, 5.41) is 18.5. The molecule has 1 aliphatic carbocycles. The van der Waals surface area contributed by atoms with Gasteiger partial charge in [0.15, 0.2) is 8.38 Å². The molecule has 0 radical (unpaired) electrons. The maximum Gasteiger partial charge on any atom is 0.164 e. The molecule has 6 heteroatoms. The lowest BCUT2D eigenvalue weighted by atomic mass is 9.82. The number of hydrogen-bond donors (Lipinski definition) is 4. The molecule has 0 amide bonds. The van der Waals surface area contributed by atoms with Gasteiger partial charge in [0.25, 0.3) is 0 Å². The Morgan fingerprint density at radius 3 is 2.29 bits per heavy atom. The van der Waals surface area contributed by atoms with Crippen molar-refractivity contribution in [3.63, 3.8) is 0 Å². The SMILES string of the molecule is OC1CC(F)C(CCP(O)O)CC1O.